The Labute approximate surface area is 113 Å². The first-order valence-electron chi connectivity index (χ1n) is 6.24. The molecule has 106 valence electrons. The van der Waals surface area contributed by atoms with E-state index >= 15 is 0 Å². The summed E-state index contributed by atoms with van der Waals surface area (Å²) in [5.74, 6) is 1.17. The van der Waals surface area contributed by atoms with Gasteiger partial charge in [-0.25, -0.2) is 0 Å². The average Bonchev–Trinajstić information content (AvgIpc) is 2.43. The van der Waals surface area contributed by atoms with Crippen LogP contribution in [0.3, 0.4) is 0 Å². The third-order valence-corrected chi connectivity index (χ3v) is 2.55. The smallest absolute Gasteiger partial charge is 0.260 e. The largest absolute Gasteiger partial charge is 0.497 e. The van der Waals surface area contributed by atoms with Gasteiger partial charge in [0, 0.05) is 26.3 Å². The molecule has 0 heterocycles. The summed E-state index contributed by atoms with van der Waals surface area (Å²) < 4.78 is 15.6. The molecular formula is C14H21NO4. The first-order chi connectivity index (χ1) is 9.17. The first kappa shape index (κ1) is 15.3. The molecule has 1 aromatic carbocycles. The lowest BCUT2D eigenvalue weighted by Crippen LogP contribution is -2.37. The van der Waals surface area contributed by atoms with Crippen LogP contribution in [0.2, 0.25) is 0 Å². The highest BCUT2D eigenvalue weighted by Gasteiger charge is 2.14. The fourth-order valence-electron chi connectivity index (χ4n) is 1.50. The molecule has 0 aliphatic heterocycles. The van der Waals surface area contributed by atoms with E-state index in [0.717, 1.165) is 6.42 Å². The molecule has 1 N–H and O–H groups in total. The fourth-order valence-corrected chi connectivity index (χ4v) is 1.50. The van der Waals surface area contributed by atoms with Gasteiger partial charge in [0.05, 0.1) is 7.11 Å². The van der Waals surface area contributed by atoms with Gasteiger partial charge in [-0.3, -0.25) is 4.79 Å². The van der Waals surface area contributed by atoms with Crippen molar-refractivity contribution < 1.29 is 19.0 Å². The van der Waals surface area contributed by atoms with E-state index in [9.17, 15) is 4.79 Å². The van der Waals surface area contributed by atoms with Gasteiger partial charge in [-0.15, -0.1) is 0 Å². The van der Waals surface area contributed by atoms with E-state index in [1.807, 2.05) is 12.1 Å². The van der Waals surface area contributed by atoms with Crippen LogP contribution in [0.4, 0.5) is 0 Å². The van der Waals surface area contributed by atoms with Crippen molar-refractivity contribution in [3.63, 3.8) is 0 Å². The highest BCUT2D eigenvalue weighted by Crippen LogP contribution is 2.19. The number of hydrogen-bond donors (Lipinski definition) is 1. The Hall–Kier alpha value is -1.75. The lowest BCUT2D eigenvalue weighted by molar-refractivity contribution is -0.127. The van der Waals surface area contributed by atoms with Crippen molar-refractivity contribution >= 4 is 5.91 Å². The van der Waals surface area contributed by atoms with Gasteiger partial charge in [0.1, 0.15) is 11.5 Å². The van der Waals surface area contributed by atoms with Gasteiger partial charge in [0.15, 0.2) is 6.10 Å². The molecule has 1 aromatic rings. The number of hydrogen-bond acceptors (Lipinski definition) is 4. The van der Waals surface area contributed by atoms with Crippen LogP contribution < -0.4 is 14.8 Å². The van der Waals surface area contributed by atoms with E-state index < -0.39 is 6.10 Å². The van der Waals surface area contributed by atoms with E-state index in [1.54, 1.807) is 33.3 Å². The number of carbonyl (C=O) groups excluding carboxylic acids is 1. The Morgan fingerprint density at radius 2 is 2.05 bits per heavy atom. The summed E-state index contributed by atoms with van der Waals surface area (Å²) >= 11 is 0. The van der Waals surface area contributed by atoms with E-state index in [2.05, 4.69) is 5.32 Å². The van der Waals surface area contributed by atoms with Crippen molar-refractivity contribution in [1.29, 1.82) is 0 Å². The number of amides is 1. The maximum atomic E-state index is 11.8. The zero-order chi connectivity index (χ0) is 14.1. The van der Waals surface area contributed by atoms with E-state index in [1.165, 1.54) is 0 Å². The van der Waals surface area contributed by atoms with Crippen molar-refractivity contribution in [3.8, 4) is 11.5 Å². The molecule has 0 unspecified atom stereocenters. The minimum absolute atomic E-state index is 0.140. The van der Waals surface area contributed by atoms with Crippen LogP contribution in [-0.4, -0.2) is 39.4 Å². The highest BCUT2D eigenvalue weighted by atomic mass is 16.5. The maximum absolute atomic E-state index is 11.8. The molecule has 0 aromatic heterocycles. The summed E-state index contributed by atoms with van der Waals surface area (Å²) in [6, 6.07) is 7.17. The molecule has 5 nitrogen and oxygen atoms in total. The zero-order valence-corrected chi connectivity index (χ0v) is 11.6. The van der Waals surface area contributed by atoms with Gasteiger partial charge < -0.3 is 19.5 Å². The molecule has 0 bridgehead atoms. The minimum atomic E-state index is -0.547. The van der Waals surface area contributed by atoms with Crippen molar-refractivity contribution in [3.05, 3.63) is 24.3 Å². The number of nitrogens with one attached hydrogen (secondary N) is 1. The summed E-state index contributed by atoms with van der Waals surface area (Å²) in [4.78, 5) is 11.8. The predicted molar refractivity (Wildman–Crippen MR) is 72.6 cm³/mol. The topological polar surface area (TPSA) is 56.8 Å². The molecule has 5 heteroatoms. The van der Waals surface area contributed by atoms with Crippen LogP contribution in [0.15, 0.2) is 24.3 Å². The van der Waals surface area contributed by atoms with Gasteiger partial charge >= 0.3 is 0 Å². The Morgan fingerprint density at radius 1 is 1.32 bits per heavy atom. The Kier molecular flexibility index (Phi) is 6.74. The van der Waals surface area contributed by atoms with Gasteiger partial charge in [0.25, 0.3) is 5.91 Å². The molecule has 0 saturated carbocycles. The SMILES string of the molecule is COCCCNC(=O)[C@@H](C)Oc1cccc(OC)c1. The molecule has 0 spiro atoms. The van der Waals surface area contributed by atoms with Crippen LogP contribution in [0.5, 0.6) is 11.5 Å². The molecular weight excluding hydrogens is 246 g/mol. The second-order valence-corrected chi connectivity index (χ2v) is 4.08. The number of rotatable bonds is 8. The molecule has 1 amide bonds. The zero-order valence-electron chi connectivity index (χ0n) is 11.6. The molecule has 0 saturated heterocycles. The predicted octanol–water partition coefficient (Wildman–Crippen LogP) is 1.62. The van der Waals surface area contributed by atoms with E-state index in [0.29, 0.717) is 24.7 Å². The first-order valence-corrected chi connectivity index (χ1v) is 6.24. The monoisotopic (exact) mass is 267 g/mol. The normalized spacial score (nSPS) is 11.7. The Balaban J connectivity index is 2.40. The molecule has 0 fully saturated rings. The second-order valence-electron chi connectivity index (χ2n) is 4.08. The van der Waals surface area contributed by atoms with Crippen molar-refractivity contribution in [2.24, 2.45) is 0 Å². The van der Waals surface area contributed by atoms with Crippen LogP contribution in [-0.2, 0) is 9.53 Å². The summed E-state index contributed by atoms with van der Waals surface area (Å²) in [6.45, 7) is 2.93. The quantitative estimate of drug-likeness (QED) is 0.727. The number of benzene rings is 1. The van der Waals surface area contributed by atoms with Crippen molar-refractivity contribution in [2.75, 3.05) is 27.4 Å². The average molecular weight is 267 g/mol. The standard InChI is InChI=1S/C14H21NO4/c1-11(14(16)15-8-5-9-17-2)19-13-7-4-6-12(10-13)18-3/h4,6-7,10-11H,5,8-9H2,1-3H3,(H,15,16)/t11-/m1/s1. The summed E-state index contributed by atoms with van der Waals surface area (Å²) in [5, 5.41) is 2.79. The van der Waals surface area contributed by atoms with Crippen LogP contribution in [0.25, 0.3) is 0 Å². The molecule has 0 aliphatic rings. The molecule has 0 radical (unpaired) electrons. The lowest BCUT2D eigenvalue weighted by Gasteiger charge is -2.15. The highest BCUT2D eigenvalue weighted by molar-refractivity contribution is 5.80. The van der Waals surface area contributed by atoms with Gasteiger partial charge in [0.2, 0.25) is 0 Å². The maximum Gasteiger partial charge on any atom is 0.260 e. The summed E-state index contributed by atoms with van der Waals surface area (Å²) in [5.41, 5.74) is 0. The third kappa shape index (κ3) is 5.61. The van der Waals surface area contributed by atoms with Crippen molar-refractivity contribution in [1.82, 2.24) is 5.32 Å². The van der Waals surface area contributed by atoms with Crippen LogP contribution in [0, 0.1) is 0 Å². The summed E-state index contributed by atoms with van der Waals surface area (Å²) in [7, 11) is 3.22. The van der Waals surface area contributed by atoms with E-state index in [4.69, 9.17) is 14.2 Å². The van der Waals surface area contributed by atoms with Gasteiger partial charge in [-0.2, -0.15) is 0 Å². The number of methoxy groups -OCH3 is 2. The number of ether oxygens (including phenoxy) is 3. The van der Waals surface area contributed by atoms with Crippen molar-refractivity contribution in [2.45, 2.75) is 19.4 Å². The molecule has 0 aliphatic carbocycles. The minimum Gasteiger partial charge on any atom is -0.497 e. The van der Waals surface area contributed by atoms with Gasteiger partial charge in [-0.1, -0.05) is 6.07 Å². The van der Waals surface area contributed by atoms with Crippen LogP contribution in [0.1, 0.15) is 13.3 Å². The summed E-state index contributed by atoms with van der Waals surface area (Å²) in [6.07, 6.45) is 0.239. The van der Waals surface area contributed by atoms with Gasteiger partial charge in [-0.05, 0) is 25.5 Å². The number of carbonyl (C=O) groups is 1. The van der Waals surface area contributed by atoms with Crippen LogP contribution >= 0.6 is 0 Å². The Bertz CT molecular complexity index is 395. The van der Waals surface area contributed by atoms with E-state index in [-0.39, 0.29) is 5.91 Å². The molecule has 1 rings (SSSR count). The lowest BCUT2D eigenvalue weighted by atomic mass is 10.3. The second kappa shape index (κ2) is 8.37. The fraction of sp³-hybridized carbons (Fsp3) is 0.500. The Morgan fingerprint density at radius 3 is 2.74 bits per heavy atom. The molecule has 1 atom stereocenters. The molecule has 19 heavy (non-hydrogen) atoms. The third-order valence-electron chi connectivity index (χ3n) is 2.55.